The molecular formula is C6H17ClNO4P. The lowest BCUT2D eigenvalue weighted by Crippen LogP contribution is -1.98. The molecule has 5 nitrogen and oxygen atoms in total. The molecule has 0 aromatic carbocycles. The molecule has 0 rings (SSSR count). The van der Waals surface area contributed by atoms with Gasteiger partial charge in [-0.05, 0) is 19.4 Å². The number of phosphoric acid groups is 1. The first-order valence-corrected chi connectivity index (χ1v) is 5.49. The van der Waals surface area contributed by atoms with Crippen molar-refractivity contribution in [1.82, 2.24) is 0 Å². The van der Waals surface area contributed by atoms with Gasteiger partial charge in [0.05, 0.1) is 6.61 Å². The second-order valence-corrected chi connectivity index (χ2v) is 3.77. The maximum Gasteiger partial charge on any atom is 0.469 e. The highest BCUT2D eigenvalue weighted by atomic mass is 35.5. The fourth-order valence-corrected chi connectivity index (χ4v) is 1.15. The lowest BCUT2D eigenvalue weighted by Gasteiger charge is -2.03. The molecule has 0 radical (unpaired) electrons. The van der Waals surface area contributed by atoms with Crippen LogP contribution in [0.1, 0.15) is 25.7 Å². The molecule has 0 saturated carbocycles. The van der Waals surface area contributed by atoms with Crippen molar-refractivity contribution in [2.24, 2.45) is 5.73 Å². The summed E-state index contributed by atoms with van der Waals surface area (Å²) in [7, 11) is -4.25. The zero-order valence-electron chi connectivity index (χ0n) is 7.39. The van der Waals surface area contributed by atoms with Crippen LogP contribution in [0, 0.1) is 0 Å². The van der Waals surface area contributed by atoms with Crippen LogP contribution < -0.4 is 5.73 Å². The first-order chi connectivity index (χ1) is 5.56. The SMILES string of the molecule is Cl.NCCCCCCOP(=O)(O)O. The van der Waals surface area contributed by atoms with Crippen LogP contribution in [-0.4, -0.2) is 22.9 Å². The average Bonchev–Trinajstić information content (AvgIpc) is 1.94. The van der Waals surface area contributed by atoms with Crippen LogP contribution in [0.25, 0.3) is 0 Å². The second-order valence-electron chi connectivity index (χ2n) is 2.53. The standard InChI is InChI=1S/C6H16NO4P.ClH/c7-5-3-1-2-4-6-11-12(8,9)10;/h1-7H2,(H2,8,9,10);1H. The molecule has 7 heteroatoms. The highest BCUT2D eigenvalue weighted by Gasteiger charge is 2.11. The Morgan fingerprint density at radius 3 is 2.15 bits per heavy atom. The Labute approximate surface area is 84.3 Å². The molecule has 0 unspecified atom stereocenters. The molecule has 0 amide bonds. The summed E-state index contributed by atoms with van der Waals surface area (Å²) >= 11 is 0. The van der Waals surface area contributed by atoms with Crippen LogP contribution in [-0.2, 0) is 9.09 Å². The molecule has 0 aromatic rings. The molecule has 0 bridgehead atoms. The van der Waals surface area contributed by atoms with Gasteiger partial charge in [-0.2, -0.15) is 0 Å². The number of hydrogen-bond acceptors (Lipinski definition) is 3. The minimum atomic E-state index is -4.25. The number of phosphoric ester groups is 1. The predicted molar refractivity (Wildman–Crippen MR) is 52.8 cm³/mol. The second kappa shape index (κ2) is 8.94. The number of rotatable bonds is 7. The molecule has 0 aliphatic rings. The molecule has 0 atom stereocenters. The Kier molecular flexibility index (Phi) is 10.9. The van der Waals surface area contributed by atoms with E-state index < -0.39 is 7.82 Å². The molecule has 13 heavy (non-hydrogen) atoms. The summed E-state index contributed by atoms with van der Waals surface area (Å²) in [5.74, 6) is 0. The highest BCUT2D eigenvalue weighted by Crippen LogP contribution is 2.35. The first-order valence-electron chi connectivity index (χ1n) is 3.96. The van der Waals surface area contributed by atoms with E-state index in [-0.39, 0.29) is 19.0 Å². The summed E-state index contributed by atoms with van der Waals surface area (Å²) in [5, 5.41) is 0. The van der Waals surface area contributed by atoms with Gasteiger partial charge in [-0.3, -0.25) is 4.52 Å². The summed E-state index contributed by atoms with van der Waals surface area (Å²) in [6.45, 7) is 0.786. The number of halogens is 1. The van der Waals surface area contributed by atoms with E-state index in [1.807, 2.05) is 0 Å². The van der Waals surface area contributed by atoms with Gasteiger partial charge in [0, 0.05) is 0 Å². The molecule has 0 aliphatic heterocycles. The van der Waals surface area contributed by atoms with Gasteiger partial charge in [0.15, 0.2) is 0 Å². The van der Waals surface area contributed by atoms with E-state index in [0.29, 0.717) is 13.0 Å². The Morgan fingerprint density at radius 1 is 1.15 bits per heavy atom. The molecule has 0 fully saturated rings. The maximum absolute atomic E-state index is 10.2. The molecule has 0 heterocycles. The van der Waals surface area contributed by atoms with Gasteiger partial charge in [0.25, 0.3) is 0 Å². The number of nitrogens with two attached hydrogens (primary N) is 1. The van der Waals surface area contributed by atoms with Gasteiger partial charge < -0.3 is 15.5 Å². The average molecular weight is 234 g/mol. The Balaban J connectivity index is 0. The van der Waals surface area contributed by atoms with Crippen molar-refractivity contribution in [3.8, 4) is 0 Å². The van der Waals surface area contributed by atoms with Gasteiger partial charge in [0.1, 0.15) is 0 Å². The van der Waals surface area contributed by atoms with Crippen molar-refractivity contribution in [2.75, 3.05) is 13.2 Å². The number of hydrogen-bond donors (Lipinski definition) is 3. The van der Waals surface area contributed by atoms with Crippen molar-refractivity contribution >= 4 is 20.2 Å². The smallest absolute Gasteiger partial charge is 0.330 e. The van der Waals surface area contributed by atoms with E-state index in [9.17, 15) is 4.57 Å². The fourth-order valence-electron chi connectivity index (χ4n) is 0.783. The van der Waals surface area contributed by atoms with Crippen LogP contribution in [0.5, 0.6) is 0 Å². The predicted octanol–water partition coefficient (Wildman–Crippen LogP) is 1.04. The van der Waals surface area contributed by atoms with Crippen LogP contribution in [0.2, 0.25) is 0 Å². The Morgan fingerprint density at radius 2 is 1.69 bits per heavy atom. The minimum Gasteiger partial charge on any atom is -0.330 e. The monoisotopic (exact) mass is 233 g/mol. The van der Waals surface area contributed by atoms with Crippen molar-refractivity contribution in [2.45, 2.75) is 25.7 Å². The van der Waals surface area contributed by atoms with Crippen molar-refractivity contribution in [1.29, 1.82) is 0 Å². The van der Waals surface area contributed by atoms with E-state index in [1.54, 1.807) is 0 Å². The van der Waals surface area contributed by atoms with E-state index in [4.69, 9.17) is 15.5 Å². The van der Waals surface area contributed by atoms with Gasteiger partial charge in [-0.1, -0.05) is 12.8 Å². The van der Waals surface area contributed by atoms with Crippen molar-refractivity contribution < 1.29 is 18.9 Å². The molecule has 82 valence electrons. The van der Waals surface area contributed by atoms with Crippen LogP contribution in [0.3, 0.4) is 0 Å². The van der Waals surface area contributed by atoms with Crippen molar-refractivity contribution in [3.05, 3.63) is 0 Å². The van der Waals surface area contributed by atoms with Gasteiger partial charge in [0.2, 0.25) is 0 Å². The largest absolute Gasteiger partial charge is 0.469 e. The van der Waals surface area contributed by atoms with Crippen LogP contribution in [0.4, 0.5) is 0 Å². The quantitative estimate of drug-likeness (QED) is 0.451. The summed E-state index contributed by atoms with van der Waals surface area (Å²) in [6, 6.07) is 0. The highest BCUT2D eigenvalue weighted by molar-refractivity contribution is 7.46. The van der Waals surface area contributed by atoms with Crippen LogP contribution in [0.15, 0.2) is 0 Å². The van der Waals surface area contributed by atoms with E-state index in [1.165, 1.54) is 0 Å². The first kappa shape index (κ1) is 15.8. The third-order valence-corrected chi connectivity index (χ3v) is 1.88. The topological polar surface area (TPSA) is 92.8 Å². The molecule has 4 N–H and O–H groups in total. The normalized spacial score (nSPS) is 11.0. The summed E-state index contributed by atoms with van der Waals surface area (Å²) in [5.41, 5.74) is 5.26. The van der Waals surface area contributed by atoms with Gasteiger partial charge >= 0.3 is 7.82 Å². The fraction of sp³-hybridized carbons (Fsp3) is 1.00. The van der Waals surface area contributed by atoms with E-state index >= 15 is 0 Å². The Hall–Kier alpha value is 0.360. The van der Waals surface area contributed by atoms with Gasteiger partial charge in [-0.15, -0.1) is 12.4 Å². The lowest BCUT2D eigenvalue weighted by atomic mass is 10.2. The molecule has 0 spiro atoms. The molecular weight excluding hydrogens is 216 g/mol. The minimum absolute atomic E-state index is 0. The summed E-state index contributed by atoms with van der Waals surface area (Å²) < 4.78 is 14.4. The molecule has 0 saturated heterocycles. The van der Waals surface area contributed by atoms with Gasteiger partial charge in [-0.25, -0.2) is 4.57 Å². The maximum atomic E-state index is 10.2. The van der Waals surface area contributed by atoms with Crippen LogP contribution >= 0.6 is 20.2 Å². The van der Waals surface area contributed by atoms with E-state index in [0.717, 1.165) is 19.3 Å². The zero-order chi connectivity index (χ0) is 9.45. The summed E-state index contributed by atoms with van der Waals surface area (Å²) in [4.78, 5) is 16.6. The van der Waals surface area contributed by atoms with E-state index in [2.05, 4.69) is 4.52 Å². The molecule has 0 aromatic heterocycles. The zero-order valence-corrected chi connectivity index (χ0v) is 9.10. The third-order valence-electron chi connectivity index (χ3n) is 1.36. The Bertz CT molecular complexity index is 152. The molecule has 0 aliphatic carbocycles. The summed E-state index contributed by atoms with van der Waals surface area (Å²) in [6.07, 6.45) is 3.51. The third kappa shape index (κ3) is 15.1. The van der Waals surface area contributed by atoms with Crippen molar-refractivity contribution in [3.63, 3.8) is 0 Å². The number of unbranched alkanes of at least 4 members (excludes halogenated alkanes) is 3. The lowest BCUT2D eigenvalue weighted by molar-refractivity contribution is 0.193.